The van der Waals surface area contributed by atoms with Gasteiger partial charge in [0, 0.05) is 18.8 Å². The van der Waals surface area contributed by atoms with Gasteiger partial charge in [0.2, 0.25) is 0 Å². The number of rotatable bonds is 4. The van der Waals surface area contributed by atoms with E-state index in [-0.39, 0.29) is 0 Å². The fourth-order valence-corrected chi connectivity index (χ4v) is 3.19. The molecule has 1 aromatic heterocycles. The highest BCUT2D eigenvalue weighted by Crippen LogP contribution is 2.30. The Labute approximate surface area is 120 Å². The summed E-state index contributed by atoms with van der Waals surface area (Å²) in [4.78, 5) is 18.0. The summed E-state index contributed by atoms with van der Waals surface area (Å²) >= 11 is 0. The van der Waals surface area contributed by atoms with Crippen LogP contribution in [0.3, 0.4) is 0 Å². The Morgan fingerprint density at radius 1 is 1.40 bits per heavy atom. The van der Waals surface area contributed by atoms with Gasteiger partial charge in [0.05, 0.1) is 11.4 Å². The Morgan fingerprint density at radius 3 is 2.60 bits per heavy atom. The number of nitrogens with zero attached hydrogens (tertiary/aromatic N) is 2. The molecule has 1 saturated heterocycles. The minimum atomic E-state index is -0.874. The molecule has 1 N–H and O–H groups in total. The van der Waals surface area contributed by atoms with E-state index in [0.717, 1.165) is 43.2 Å². The molecular formula is C16H24N2O2. The summed E-state index contributed by atoms with van der Waals surface area (Å²) < 4.78 is 0. The third kappa shape index (κ3) is 3.11. The van der Waals surface area contributed by atoms with Crippen LogP contribution in [0.15, 0.2) is 6.07 Å². The van der Waals surface area contributed by atoms with Crippen LogP contribution in [-0.2, 0) is 0 Å². The Balaban J connectivity index is 2.23. The Morgan fingerprint density at radius 2 is 2.05 bits per heavy atom. The van der Waals surface area contributed by atoms with E-state index in [1.807, 2.05) is 13.0 Å². The molecule has 1 fully saturated rings. The number of aromatic carboxylic acids is 1. The molecule has 2 rings (SSSR count). The standard InChI is InChI=1S/C16H24N2O2/c1-4-5-13-6-8-18(9-7-13)14-10-11(2)17-12(3)15(14)16(19)20/h10,13H,4-9H2,1-3H3,(H,19,20). The average Bonchev–Trinajstić information content (AvgIpc) is 2.38. The summed E-state index contributed by atoms with van der Waals surface area (Å²) in [6.07, 6.45) is 4.84. The second kappa shape index (κ2) is 6.25. The quantitative estimate of drug-likeness (QED) is 0.915. The number of pyridine rings is 1. The molecule has 4 nitrogen and oxygen atoms in total. The van der Waals surface area contributed by atoms with E-state index in [0.29, 0.717) is 11.3 Å². The topological polar surface area (TPSA) is 53.4 Å². The maximum atomic E-state index is 11.5. The Kier molecular flexibility index (Phi) is 4.63. The van der Waals surface area contributed by atoms with Gasteiger partial charge < -0.3 is 10.0 Å². The molecule has 2 heterocycles. The zero-order valence-corrected chi connectivity index (χ0v) is 12.6. The van der Waals surface area contributed by atoms with Crippen molar-refractivity contribution in [2.45, 2.75) is 46.5 Å². The average molecular weight is 276 g/mol. The van der Waals surface area contributed by atoms with Crippen molar-refractivity contribution in [2.24, 2.45) is 5.92 Å². The summed E-state index contributed by atoms with van der Waals surface area (Å²) in [5.74, 6) is -0.0748. The van der Waals surface area contributed by atoms with Gasteiger partial charge in [-0.3, -0.25) is 4.98 Å². The number of carbonyl (C=O) groups is 1. The van der Waals surface area contributed by atoms with E-state index in [4.69, 9.17) is 0 Å². The van der Waals surface area contributed by atoms with Gasteiger partial charge in [0.25, 0.3) is 0 Å². The number of aromatic nitrogens is 1. The number of piperidine rings is 1. The van der Waals surface area contributed by atoms with Crippen LogP contribution in [-0.4, -0.2) is 29.1 Å². The van der Waals surface area contributed by atoms with Crippen molar-refractivity contribution in [1.29, 1.82) is 0 Å². The lowest BCUT2D eigenvalue weighted by molar-refractivity contribution is 0.0696. The first-order valence-electron chi connectivity index (χ1n) is 7.49. The Hall–Kier alpha value is -1.58. The van der Waals surface area contributed by atoms with Crippen LogP contribution in [0, 0.1) is 19.8 Å². The lowest BCUT2D eigenvalue weighted by Gasteiger charge is -2.34. The first-order chi connectivity index (χ1) is 9.52. The van der Waals surface area contributed by atoms with Crippen LogP contribution >= 0.6 is 0 Å². The van der Waals surface area contributed by atoms with E-state index in [2.05, 4.69) is 16.8 Å². The molecule has 0 radical (unpaired) electrons. The normalized spacial score (nSPS) is 16.4. The molecule has 110 valence electrons. The van der Waals surface area contributed by atoms with Crippen molar-refractivity contribution in [3.63, 3.8) is 0 Å². The lowest BCUT2D eigenvalue weighted by atomic mass is 9.92. The summed E-state index contributed by atoms with van der Waals surface area (Å²) in [7, 11) is 0. The highest BCUT2D eigenvalue weighted by Gasteiger charge is 2.24. The van der Waals surface area contributed by atoms with Gasteiger partial charge in [0.1, 0.15) is 5.56 Å². The lowest BCUT2D eigenvalue weighted by Crippen LogP contribution is -2.35. The molecule has 0 unspecified atom stereocenters. The van der Waals surface area contributed by atoms with Crippen LogP contribution in [0.25, 0.3) is 0 Å². The fourth-order valence-electron chi connectivity index (χ4n) is 3.19. The molecule has 1 aliphatic rings. The zero-order chi connectivity index (χ0) is 14.7. The van der Waals surface area contributed by atoms with Crippen LogP contribution in [0.2, 0.25) is 0 Å². The predicted octanol–water partition coefficient (Wildman–Crippen LogP) is 3.41. The second-order valence-corrected chi connectivity index (χ2v) is 5.77. The van der Waals surface area contributed by atoms with Gasteiger partial charge in [-0.1, -0.05) is 19.8 Å². The summed E-state index contributed by atoms with van der Waals surface area (Å²) in [5, 5.41) is 9.44. The monoisotopic (exact) mass is 276 g/mol. The smallest absolute Gasteiger partial charge is 0.339 e. The molecule has 20 heavy (non-hydrogen) atoms. The number of anilines is 1. The molecule has 0 atom stereocenters. The fraction of sp³-hybridized carbons (Fsp3) is 0.625. The van der Waals surface area contributed by atoms with E-state index < -0.39 is 5.97 Å². The molecule has 1 aromatic rings. The molecular weight excluding hydrogens is 252 g/mol. The van der Waals surface area contributed by atoms with Crippen molar-refractivity contribution < 1.29 is 9.90 Å². The van der Waals surface area contributed by atoms with Gasteiger partial charge in [-0.2, -0.15) is 0 Å². The maximum absolute atomic E-state index is 11.5. The van der Waals surface area contributed by atoms with E-state index in [9.17, 15) is 9.90 Å². The van der Waals surface area contributed by atoms with Crippen molar-refractivity contribution in [2.75, 3.05) is 18.0 Å². The molecule has 0 amide bonds. The molecule has 0 saturated carbocycles. The third-order valence-electron chi connectivity index (χ3n) is 4.17. The van der Waals surface area contributed by atoms with Gasteiger partial charge in [-0.05, 0) is 38.7 Å². The van der Waals surface area contributed by atoms with Crippen molar-refractivity contribution >= 4 is 11.7 Å². The molecule has 4 heteroatoms. The SMILES string of the molecule is CCCC1CCN(c2cc(C)nc(C)c2C(=O)O)CC1. The zero-order valence-electron chi connectivity index (χ0n) is 12.6. The third-order valence-corrected chi connectivity index (χ3v) is 4.17. The molecule has 1 aliphatic heterocycles. The first-order valence-corrected chi connectivity index (χ1v) is 7.49. The molecule has 0 bridgehead atoms. The predicted molar refractivity (Wildman–Crippen MR) is 80.5 cm³/mol. The van der Waals surface area contributed by atoms with Crippen LogP contribution in [0.1, 0.15) is 54.4 Å². The van der Waals surface area contributed by atoms with Gasteiger partial charge in [0.15, 0.2) is 0 Å². The maximum Gasteiger partial charge on any atom is 0.339 e. The minimum absolute atomic E-state index is 0.365. The summed E-state index contributed by atoms with van der Waals surface area (Å²) in [6.45, 7) is 7.84. The second-order valence-electron chi connectivity index (χ2n) is 5.77. The molecule has 0 spiro atoms. The van der Waals surface area contributed by atoms with Gasteiger partial charge in [-0.15, -0.1) is 0 Å². The van der Waals surface area contributed by atoms with E-state index in [1.54, 1.807) is 6.92 Å². The number of carboxylic acids is 1. The Bertz CT molecular complexity index is 491. The molecule has 0 aromatic carbocycles. The number of hydrogen-bond donors (Lipinski definition) is 1. The van der Waals surface area contributed by atoms with Crippen molar-refractivity contribution in [3.05, 3.63) is 23.0 Å². The van der Waals surface area contributed by atoms with Crippen molar-refractivity contribution in [1.82, 2.24) is 4.98 Å². The van der Waals surface area contributed by atoms with Crippen LogP contribution < -0.4 is 4.90 Å². The summed E-state index contributed by atoms with van der Waals surface area (Å²) in [6, 6.07) is 1.91. The highest BCUT2D eigenvalue weighted by molar-refractivity contribution is 5.95. The number of aryl methyl sites for hydroxylation is 2. The summed E-state index contributed by atoms with van der Waals surface area (Å²) in [5.41, 5.74) is 2.71. The minimum Gasteiger partial charge on any atom is -0.478 e. The molecule has 0 aliphatic carbocycles. The van der Waals surface area contributed by atoms with E-state index >= 15 is 0 Å². The first kappa shape index (κ1) is 14.8. The highest BCUT2D eigenvalue weighted by atomic mass is 16.4. The van der Waals surface area contributed by atoms with E-state index in [1.165, 1.54) is 12.8 Å². The van der Waals surface area contributed by atoms with Gasteiger partial charge in [-0.25, -0.2) is 4.79 Å². The van der Waals surface area contributed by atoms with Crippen molar-refractivity contribution in [3.8, 4) is 0 Å². The van der Waals surface area contributed by atoms with Crippen LogP contribution in [0.5, 0.6) is 0 Å². The number of hydrogen-bond acceptors (Lipinski definition) is 3. The van der Waals surface area contributed by atoms with Gasteiger partial charge >= 0.3 is 5.97 Å². The van der Waals surface area contributed by atoms with Crippen LogP contribution in [0.4, 0.5) is 5.69 Å². The number of carboxylic acid groups (broad SMARTS) is 1. The largest absolute Gasteiger partial charge is 0.478 e.